The zero-order valence-electron chi connectivity index (χ0n) is 10.4. The van der Waals surface area contributed by atoms with Crippen LogP contribution in [0, 0.1) is 10.1 Å². The van der Waals surface area contributed by atoms with Crippen LogP contribution in [0.1, 0.15) is 12.8 Å². The highest BCUT2D eigenvalue weighted by molar-refractivity contribution is 7.89. The number of halogens is 1. The predicted octanol–water partition coefficient (Wildman–Crippen LogP) is 1.39. The fourth-order valence-electron chi connectivity index (χ4n) is 2.02. The van der Waals surface area contributed by atoms with Crippen molar-refractivity contribution in [1.29, 1.82) is 0 Å². The molecule has 1 aliphatic rings. The van der Waals surface area contributed by atoms with Crippen LogP contribution in [-0.4, -0.2) is 41.9 Å². The number of benzene rings is 1. The topological polar surface area (TPSA) is 101 Å². The second-order valence-electron chi connectivity index (χ2n) is 4.51. The molecule has 0 aromatic heterocycles. The van der Waals surface area contributed by atoms with Crippen molar-refractivity contribution in [2.24, 2.45) is 0 Å². The highest BCUT2D eigenvalue weighted by Gasteiger charge is 2.31. The van der Waals surface area contributed by atoms with Crippen LogP contribution < -0.4 is 0 Å². The SMILES string of the molecule is O=[N+]([O-])c1ccc(Cl)c(S(=O)(=O)N2CCC(O)CC2)c1. The Hall–Kier alpha value is -1.22. The molecule has 0 spiro atoms. The molecule has 110 valence electrons. The van der Waals surface area contributed by atoms with Crippen LogP contribution in [0.5, 0.6) is 0 Å². The molecule has 0 amide bonds. The summed E-state index contributed by atoms with van der Waals surface area (Å²) in [6, 6.07) is 3.31. The molecule has 0 aliphatic carbocycles. The Morgan fingerprint density at radius 3 is 2.50 bits per heavy atom. The number of non-ortho nitro benzene ring substituents is 1. The molecule has 2 rings (SSSR count). The van der Waals surface area contributed by atoms with Crippen molar-refractivity contribution in [1.82, 2.24) is 4.31 Å². The third-order valence-corrected chi connectivity index (χ3v) is 5.55. The van der Waals surface area contributed by atoms with Gasteiger partial charge in [-0.3, -0.25) is 10.1 Å². The maximum atomic E-state index is 12.4. The van der Waals surface area contributed by atoms with Crippen molar-refractivity contribution in [3.63, 3.8) is 0 Å². The largest absolute Gasteiger partial charge is 0.393 e. The molecule has 1 aromatic carbocycles. The van der Waals surface area contributed by atoms with E-state index in [9.17, 15) is 23.6 Å². The van der Waals surface area contributed by atoms with E-state index in [0.717, 1.165) is 12.1 Å². The molecule has 1 aromatic rings. The third-order valence-electron chi connectivity index (χ3n) is 3.17. The van der Waals surface area contributed by atoms with E-state index in [4.69, 9.17) is 11.6 Å². The van der Waals surface area contributed by atoms with Gasteiger partial charge in [0.1, 0.15) is 4.90 Å². The predicted molar refractivity (Wildman–Crippen MR) is 72.1 cm³/mol. The molecule has 1 heterocycles. The Morgan fingerprint density at radius 1 is 1.35 bits per heavy atom. The Bertz CT molecular complexity index is 626. The monoisotopic (exact) mass is 320 g/mol. The molecule has 1 aliphatic heterocycles. The number of hydrogen-bond donors (Lipinski definition) is 1. The van der Waals surface area contributed by atoms with Gasteiger partial charge in [-0.15, -0.1) is 0 Å². The minimum absolute atomic E-state index is 0.0540. The summed E-state index contributed by atoms with van der Waals surface area (Å²) in [5.74, 6) is 0. The van der Waals surface area contributed by atoms with Crippen molar-refractivity contribution >= 4 is 27.3 Å². The van der Waals surface area contributed by atoms with E-state index < -0.39 is 21.1 Å². The van der Waals surface area contributed by atoms with Crippen LogP contribution in [0.2, 0.25) is 5.02 Å². The molecule has 0 atom stereocenters. The summed E-state index contributed by atoms with van der Waals surface area (Å²) in [4.78, 5) is 9.79. The fraction of sp³-hybridized carbons (Fsp3) is 0.455. The van der Waals surface area contributed by atoms with Gasteiger partial charge in [0.2, 0.25) is 10.0 Å². The molecular formula is C11H13ClN2O5S. The fourth-order valence-corrected chi connectivity index (χ4v) is 3.99. The number of hydrogen-bond acceptors (Lipinski definition) is 5. The molecule has 0 unspecified atom stereocenters. The van der Waals surface area contributed by atoms with Gasteiger partial charge in [-0.05, 0) is 18.9 Å². The number of piperidine rings is 1. The van der Waals surface area contributed by atoms with Crippen LogP contribution in [-0.2, 0) is 10.0 Å². The number of rotatable bonds is 3. The lowest BCUT2D eigenvalue weighted by Gasteiger charge is -2.28. The van der Waals surface area contributed by atoms with Gasteiger partial charge in [0.05, 0.1) is 16.0 Å². The first-order chi connectivity index (χ1) is 9.32. The third kappa shape index (κ3) is 2.93. The van der Waals surface area contributed by atoms with Crippen LogP contribution >= 0.6 is 11.6 Å². The Kier molecular flexibility index (Phi) is 4.28. The molecule has 0 radical (unpaired) electrons. The van der Waals surface area contributed by atoms with E-state index in [-0.39, 0.29) is 28.7 Å². The second kappa shape index (κ2) is 5.65. The number of nitro groups is 1. The molecule has 9 heteroatoms. The molecular weight excluding hydrogens is 308 g/mol. The quantitative estimate of drug-likeness (QED) is 0.670. The van der Waals surface area contributed by atoms with Gasteiger partial charge in [0.15, 0.2) is 0 Å². The number of aliphatic hydroxyl groups excluding tert-OH is 1. The van der Waals surface area contributed by atoms with Crippen molar-refractivity contribution in [3.05, 3.63) is 33.3 Å². The molecule has 0 bridgehead atoms. The highest BCUT2D eigenvalue weighted by atomic mass is 35.5. The minimum Gasteiger partial charge on any atom is -0.393 e. The standard InChI is InChI=1S/C11H13ClN2O5S/c12-10-2-1-8(14(16)17)7-11(10)20(18,19)13-5-3-9(15)4-6-13/h1-2,7,9,15H,3-6H2. The molecule has 0 saturated carbocycles. The van der Waals surface area contributed by atoms with Gasteiger partial charge in [-0.2, -0.15) is 4.31 Å². The van der Waals surface area contributed by atoms with Gasteiger partial charge in [-0.1, -0.05) is 11.6 Å². The number of nitro benzene ring substituents is 1. The number of aliphatic hydroxyl groups is 1. The lowest BCUT2D eigenvalue weighted by atomic mass is 10.1. The second-order valence-corrected chi connectivity index (χ2v) is 6.82. The Morgan fingerprint density at radius 2 is 1.95 bits per heavy atom. The average molecular weight is 321 g/mol. The Labute approximate surface area is 121 Å². The van der Waals surface area contributed by atoms with E-state index >= 15 is 0 Å². The van der Waals surface area contributed by atoms with Crippen molar-refractivity contribution in [2.45, 2.75) is 23.8 Å². The highest BCUT2D eigenvalue weighted by Crippen LogP contribution is 2.30. The van der Waals surface area contributed by atoms with Crippen LogP contribution in [0.15, 0.2) is 23.1 Å². The number of sulfonamides is 1. The van der Waals surface area contributed by atoms with E-state index in [1.165, 1.54) is 10.4 Å². The summed E-state index contributed by atoms with van der Waals surface area (Å²) >= 11 is 5.86. The van der Waals surface area contributed by atoms with Gasteiger partial charge in [-0.25, -0.2) is 8.42 Å². The van der Waals surface area contributed by atoms with Crippen LogP contribution in [0.4, 0.5) is 5.69 Å². The van der Waals surface area contributed by atoms with Crippen molar-refractivity contribution in [3.8, 4) is 0 Å². The molecule has 1 N–H and O–H groups in total. The minimum atomic E-state index is -3.89. The van der Waals surface area contributed by atoms with Crippen molar-refractivity contribution in [2.75, 3.05) is 13.1 Å². The first-order valence-corrected chi connectivity index (χ1v) is 7.76. The van der Waals surface area contributed by atoms with Crippen LogP contribution in [0.3, 0.4) is 0 Å². The van der Waals surface area contributed by atoms with Gasteiger partial charge in [0, 0.05) is 25.2 Å². The normalized spacial score (nSPS) is 18.1. The maximum Gasteiger partial charge on any atom is 0.270 e. The summed E-state index contributed by atoms with van der Waals surface area (Å²) in [6.07, 6.45) is 0.166. The first kappa shape index (κ1) is 15.2. The van der Waals surface area contributed by atoms with E-state index in [1.54, 1.807) is 0 Å². The lowest BCUT2D eigenvalue weighted by Crippen LogP contribution is -2.40. The van der Waals surface area contributed by atoms with Crippen LogP contribution in [0.25, 0.3) is 0 Å². The Balaban J connectivity index is 2.38. The first-order valence-electron chi connectivity index (χ1n) is 5.94. The summed E-state index contributed by atoms with van der Waals surface area (Å²) < 4.78 is 26.0. The summed E-state index contributed by atoms with van der Waals surface area (Å²) in [5.41, 5.74) is -0.329. The zero-order chi connectivity index (χ0) is 14.9. The van der Waals surface area contributed by atoms with Crippen molar-refractivity contribution < 1.29 is 18.4 Å². The zero-order valence-corrected chi connectivity index (χ0v) is 12.0. The average Bonchev–Trinajstić information content (AvgIpc) is 2.39. The molecule has 1 fully saturated rings. The lowest BCUT2D eigenvalue weighted by molar-refractivity contribution is -0.385. The summed E-state index contributed by atoms with van der Waals surface area (Å²) in [7, 11) is -3.89. The van der Waals surface area contributed by atoms with Gasteiger partial charge in [0.25, 0.3) is 5.69 Å². The van der Waals surface area contributed by atoms with E-state index in [0.29, 0.717) is 12.8 Å². The smallest absolute Gasteiger partial charge is 0.270 e. The van der Waals surface area contributed by atoms with Gasteiger partial charge >= 0.3 is 0 Å². The molecule has 7 nitrogen and oxygen atoms in total. The maximum absolute atomic E-state index is 12.4. The molecule has 20 heavy (non-hydrogen) atoms. The molecule has 1 saturated heterocycles. The summed E-state index contributed by atoms with van der Waals surface area (Å²) in [6.45, 7) is 0.338. The van der Waals surface area contributed by atoms with Gasteiger partial charge < -0.3 is 5.11 Å². The van der Waals surface area contributed by atoms with E-state index in [1.807, 2.05) is 0 Å². The summed E-state index contributed by atoms with van der Waals surface area (Å²) in [5, 5.41) is 20.1. The number of nitrogens with zero attached hydrogens (tertiary/aromatic N) is 2. The van der Waals surface area contributed by atoms with E-state index in [2.05, 4.69) is 0 Å².